The van der Waals surface area contributed by atoms with Crippen molar-refractivity contribution in [1.82, 2.24) is 9.38 Å². The molecule has 0 bridgehead atoms. The van der Waals surface area contributed by atoms with Crippen LogP contribution in [0.3, 0.4) is 0 Å². The second kappa shape index (κ2) is 6.83. The minimum atomic E-state index is -0.164. The van der Waals surface area contributed by atoms with Gasteiger partial charge in [0.2, 0.25) is 5.91 Å². The number of nitrogens with one attached hydrogen (secondary N) is 1. The Morgan fingerprint density at radius 1 is 1.39 bits per heavy atom. The topological polar surface area (TPSA) is 63.5 Å². The van der Waals surface area contributed by atoms with Crippen LogP contribution in [-0.2, 0) is 11.2 Å². The zero-order chi connectivity index (χ0) is 16.4. The van der Waals surface area contributed by atoms with Crippen molar-refractivity contribution in [3.05, 3.63) is 27.1 Å². The predicted octanol–water partition coefficient (Wildman–Crippen LogP) is 3.54. The molecule has 0 aromatic carbocycles. The van der Waals surface area contributed by atoms with Crippen molar-refractivity contribution >= 4 is 27.9 Å². The molecule has 1 aliphatic rings. The summed E-state index contributed by atoms with van der Waals surface area (Å²) >= 11 is 1.46. The van der Waals surface area contributed by atoms with Gasteiger partial charge in [-0.1, -0.05) is 26.2 Å². The number of hydrogen-bond acceptors (Lipinski definition) is 4. The summed E-state index contributed by atoms with van der Waals surface area (Å²) in [6.45, 7) is 3.79. The third-order valence-electron chi connectivity index (χ3n) is 4.65. The van der Waals surface area contributed by atoms with Crippen LogP contribution in [0.4, 0.5) is 5.69 Å². The molecule has 0 radical (unpaired) electrons. The van der Waals surface area contributed by atoms with Gasteiger partial charge in [0.25, 0.3) is 5.56 Å². The minimum Gasteiger partial charge on any atom is -0.320 e. The van der Waals surface area contributed by atoms with Gasteiger partial charge in [0.1, 0.15) is 5.69 Å². The van der Waals surface area contributed by atoms with Crippen LogP contribution < -0.4 is 10.9 Å². The third-order valence-corrected chi connectivity index (χ3v) is 5.52. The highest BCUT2D eigenvalue weighted by Crippen LogP contribution is 2.26. The van der Waals surface area contributed by atoms with E-state index in [-0.39, 0.29) is 11.5 Å². The first-order valence-corrected chi connectivity index (χ1v) is 9.27. The Labute approximate surface area is 139 Å². The summed E-state index contributed by atoms with van der Waals surface area (Å²) in [5, 5.41) is 4.78. The van der Waals surface area contributed by atoms with Crippen molar-refractivity contribution in [2.45, 2.75) is 58.8 Å². The lowest BCUT2D eigenvalue weighted by Crippen LogP contribution is -2.26. The lowest BCUT2D eigenvalue weighted by atomic mass is 9.87. The molecule has 6 heteroatoms. The van der Waals surface area contributed by atoms with E-state index in [9.17, 15) is 9.59 Å². The van der Waals surface area contributed by atoms with E-state index in [0.717, 1.165) is 25.0 Å². The lowest BCUT2D eigenvalue weighted by Gasteiger charge is -2.20. The quantitative estimate of drug-likeness (QED) is 0.931. The van der Waals surface area contributed by atoms with Crippen LogP contribution in [0.15, 0.2) is 10.2 Å². The molecule has 0 unspecified atom stereocenters. The third kappa shape index (κ3) is 3.32. The number of anilines is 1. The molecule has 0 saturated heterocycles. The molecule has 1 N–H and O–H groups in total. The molecule has 0 aliphatic heterocycles. The summed E-state index contributed by atoms with van der Waals surface area (Å²) in [7, 11) is 0. The van der Waals surface area contributed by atoms with Crippen LogP contribution in [0.5, 0.6) is 0 Å². The van der Waals surface area contributed by atoms with E-state index in [1.54, 1.807) is 11.3 Å². The first kappa shape index (κ1) is 16.2. The van der Waals surface area contributed by atoms with Gasteiger partial charge in [-0.15, -0.1) is 11.3 Å². The summed E-state index contributed by atoms with van der Waals surface area (Å²) in [6, 6.07) is 0. The van der Waals surface area contributed by atoms with Crippen molar-refractivity contribution in [2.75, 3.05) is 5.32 Å². The number of rotatable bonds is 4. The number of fused-ring (bicyclic) bond motifs is 1. The molecule has 1 amide bonds. The largest absolute Gasteiger partial charge is 0.320 e. The monoisotopic (exact) mass is 333 g/mol. The van der Waals surface area contributed by atoms with Crippen LogP contribution in [0.1, 0.15) is 56.8 Å². The van der Waals surface area contributed by atoms with Crippen molar-refractivity contribution < 1.29 is 4.79 Å². The average Bonchev–Trinajstić information content (AvgIpc) is 2.95. The number of aryl methyl sites for hydroxylation is 2. The van der Waals surface area contributed by atoms with Gasteiger partial charge in [-0.3, -0.25) is 14.0 Å². The zero-order valence-electron chi connectivity index (χ0n) is 13.7. The minimum absolute atomic E-state index is 0.0628. The first-order chi connectivity index (χ1) is 11.1. The van der Waals surface area contributed by atoms with Crippen LogP contribution in [0.2, 0.25) is 0 Å². The Kier molecular flexibility index (Phi) is 4.80. The second-order valence-corrected chi connectivity index (χ2v) is 7.17. The number of thiazole rings is 1. The molecule has 0 atom stereocenters. The maximum absolute atomic E-state index is 12.7. The highest BCUT2D eigenvalue weighted by Gasteiger charge is 2.20. The Balaban J connectivity index is 1.84. The molecule has 23 heavy (non-hydrogen) atoms. The van der Waals surface area contributed by atoms with Gasteiger partial charge < -0.3 is 5.32 Å². The van der Waals surface area contributed by atoms with Crippen LogP contribution in [0, 0.1) is 12.8 Å². The Morgan fingerprint density at radius 3 is 2.83 bits per heavy atom. The Bertz CT molecular complexity index is 772. The van der Waals surface area contributed by atoms with Gasteiger partial charge >= 0.3 is 0 Å². The van der Waals surface area contributed by atoms with Crippen LogP contribution in [0.25, 0.3) is 4.96 Å². The SMILES string of the molecule is CCc1csc2nc(C)c(NC(=O)CC3CCCCC3)c(=O)n12. The molecule has 2 aromatic rings. The lowest BCUT2D eigenvalue weighted by molar-refractivity contribution is -0.117. The standard InChI is InChI=1S/C17H23N3O2S/c1-3-13-10-23-17-18-11(2)15(16(22)20(13)17)19-14(21)9-12-7-5-4-6-8-12/h10,12H,3-9H2,1-2H3,(H,19,21). The number of hydrogen-bond donors (Lipinski definition) is 1. The highest BCUT2D eigenvalue weighted by atomic mass is 32.1. The van der Waals surface area contributed by atoms with E-state index in [4.69, 9.17) is 0 Å². The van der Waals surface area contributed by atoms with Crippen molar-refractivity contribution in [2.24, 2.45) is 5.92 Å². The fourth-order valence-electron chi connectivity index (χ4n) is 3.34. The van der Waals surface area contributed by atoms with E-state index < -0.39 is 0 Å². The highest BCUT2D eigenvalue weighted by molar-refractivity contribution is 7.15. The van der Waals surface area contributed by atoms with Gasteiger partial charge in [-0.25, -0.2) is 4.98 Å². The van der Waals surface area contributed by atoms with E-state index in [2.05, 4.69) is 10.3 Å². The summed E-state index contributed by atoms with van der Waals surface area (Å²) in [4.78, 5) is 30.2. The molecule has 5 nitrogen and oxygen atoms in total. The Hall–Kier alpha value is -1.69. The van der Waals surface area contributed by atoms with E-state index in [1.165, 1.54) is 30.6 Å². The average molecular weight is 333 g/mol. The number of carbonyl (C=O) groups excluding carboxylic acids is 1. The summed E-state index contributed by atoms with van der Waals surface area (Å²) in [6.07, 6.45) is 7.20. The molecule has 1 aliphatic carbocycles. The molecule has 0 spiro atoms. The number of aromatic nitrogens is 2. The fraction of sp³-hybridized carbons (Fsp3) is 0.588. The van der Waals surface area contributed by atoms with Gasteiger partial charge in [0.15, 0.2) is 4.96 Å². The smallest absolute Gasteiger partial charge is 0.282 e. The molecule has 124 valence electrons. The summed E-state index contributed by atoms with van der Waals surface area (Å²) in [5.74, 6) is 0.392. The maximum atomic E-state index is 12.7. The maximum Gasteiger partial charge on any atom is 0.282 e. The molecule has 3 rings (SSSR count). The van der Waals surface area contributed by atoms with Crippen LogP contribution >= 0.6 is 11.3 Å². The summed E-state index contributed by atoms with van der Waals surface area (Å²) in [5.41, 5.74) is 1.70. The van der Waals surface area contributed by atoms with Gasteiger partial charge in [-0.2, -0.15) is 0 Å². The fourth-order valence-corrected chi connectivity index (χ4v) is 4.35. The molecular formula is C17H23N3O2S. The van der Waals surface area contributed by atoms with E-state index in [0.29, 0.717) is 28.7 Å². The van der Waals surface area contributed by atoms with Gasteiger partial charge in [-0.05, 0) is 32.1 Å². The second-order valence-electron chi connectivity index (χ2n) is 6.33. The first-order valence-electron chi connectivity index (χ1n) is 8.39. The van der Waals surface area contributed by atoms with Crippen molar-refractivity contribution in [3.63, 3.8) is 0 Å². The molecule has 2 heterocycles. The molecule has 1 saturated carbocycles. The normalized spacial score (nSPS) is 15.9. The Morgan fingerprint density at radius 2 is 2.13 bits per heavy atom. The summed E-state index contributed by atoms with van der Waals surface area (Å²) < 4.78 is 1.62. The van der Waals surface area contributed by atoms with Gasteiger partial charge in [0, 0.05) is 17.5 Å². The van der Waals surface area contributed by atoms with E-state index >= 15 is 0 Å². The number of carbonyl (C=O) groups is 1. The predicted molar refractivity (Wildman–Crippen MR) is 93.3 cm³/mol. The molecule has 2 aromatic heterocycles. The van der Waals surface area contributed by atoms with Gasteiger partial charge in [0.05, 0.1) is 5.69 Å². The zero-order valence-corrected chi connectivity index (χ0v) is 14.5. The molecular weight excluding hydrogens is 310 g/mol. The van der Waals surface area contributed by atoms with Crippen molar-refractivity contribution in [3.8, 4) is 0 Å². The van der Waals surface area contributed by atoms with Crippen LogP contribution in [-0.4, -0.2) is 15.3 Å². The number of nitrogens with zero attached hydrogens (tertiary/aromatic N) is 2. The van der Waals surface area contributed by atoms with Crippen molar-refractivity contribution in [1.29, 1.82) is 0 Å². The number of amides is 1. The molecule has 1 fully saturated rings. The van der Waals surface area contributed by atoms with E-state index in [1.807, 2.05) is 12.3 Å².